The fourth-order valence-corrected chi connectivity index (χ4v) is 1.48. The minimum atomic E-state index is -0.0559. The molecule has 3 nitrogen and oxygen atoms in total. The topological polar surface area (TPSA) is 42.2 Å². The van der Waals surface area contributed by atoms with Gasteiger partial charge in [-0.25, -0.2) is 0 Å². The number of hydrogen-bond acceptors (Lipinski definition) is 2. The zero-order valence-corrected chi connectivity index (χ0v) is 11.6. The molecule has 0 saturated carbocycles. The van der Waals surface area contributed by atoms with Gasteiger partial charge in [0.1, 0.15) is 5.76 Å². The first-order chi connectivity index (χ1) is 7.50. The molecular formula is C12H18BrNO2. The summed E-state index contributed by atoms with van der Waals surface area (Å²) in [6.45, 7) is 6.81. The van der Waals surface area contributed by atoms with Gasteiger partial charge in [0, 0.05) is 18.3 Å². The minimum absolute atomic E-state index is 0.0559. The van der Waals surface area contributed by atoms with Gasteiger partial charge in [0.2, 0.25) is 0 Å². The molecule has 0 fully saturated rings. The molecule has 0 bridgehead atoms. The lowest BCUT2D eigenvalue weighted by Gasteiger charge is -2.21. The summed E-state index contributed by atoms with van der Waals surface area (Å²) >= 11 is 3.43. The highest BCUT2D eigenvalue weighted by Crippen LogP contribution is 2.17. The molecule has 0 aliphatic carbocycles. The van der Waals surface area contributed by atoms with Gasteiger partial charge in [0.15, 0.2) is 0 Å². The van der Waals surface area contributed by atoms with Crippen LogP contribution >= 0.6 is 15.9 Å². The average molecular weight is 288 g/mol. The van der Waals surface area contributed by atoms with Crippen molar-refractivity contribution in [3.05, 3.63) is 23.7 Å². The maximum atomic E-state index is 11.9. The van der Waals surface area contributed by atoms with Gasteiger partial charge in [-0.2, -0.15) is 0 Å². The van der Waals surface area contributed by atoms with Crippen molar-refractivity contribution in [2.24, 2.45) is 5.41 Å². The quantitative estimate of drug-likeness (QED) is 0.846. The van der Waals surface area contributed by atoms with E-state index in [1.54, 1.807) is 12.3 Å². The van der Waals surface area contributed by atoms with Gasteiger partial charge >= 0.3 is 0 Å². The van der Waals surface area contributed by atoms with Gasteiger partial charge in [-0.1, -0.05) is 36.7 Å². The molecule has 1 rings (SSSR count). The maximum absolute atomic E-state index is 11.9. The molecule has 90 valence electrons. The molecule has 0 aromatic carbocycles. The molecule has 1 heterocycles. The number of aryl methyl sites for hydroxylation is 1. The summed E-state index contributed by atoms with van der Waals surface area (Å²) in [6.07, 6.45) is 2.29. The number of halogens is 1. The van der Waals surface area contributed by atoms with Crippen molar-refractivity contribution in [3.8, 4) is 0 Å². The summed E-state index contributed by atoms with van der Waals surface area (Å²) in [5.41, 5.74) is 0.707. The SMILES string of the molecule is CCc1occc1C(=O)NCC(C)(C)CBr. The van der Waals surface area contributed by atoms with Crippen LogP contribution in [0.25, 0.3) is 0 Å². The Morgan fingerprint density at radius 3 is 2.81 bits per heavy atom. The van der Waals surface area contributed by atoms with Crippen LogP contribution in [0.5, 0.6) is 0 Å². The molecule has 0 spiro atoms. The van der Waals surface area contributed by atoms with E-state index in [4.69, 9.17) is 4.42 Å². The molecule has 0 aliphatic heterocycles. The Kier molecular flexibility index (Phi) is 4.59. The first kappa shape index (κ1) is 13.3. The van der Waals surface area contributed by atoms with Crippen LogP contribution in [-0.2, 0) is 6.42 Å². The van der Waals surface area contributed by atoms with Crippen LogP contribution in [0.2, 0.25) is 0 Å². The van der Waals surface area contributed by atoms with Gasteiger partial charge in [0.05, 0.1) is 11.8 Å². The van der Waals surface area contributed by atoms with E-state index in [9.17, 15) is 4.79 Å². The molecule has 1 N–H and O–H groups in total. The fraction of sp³-hybridized carbons (Fsp3) is 0.583. The van der Waals surface area contributed by atoms with Crippen LogP contribution in [-0.4, -0.2) is 17.8 Å². The summed E-state index contributed by atoms with van der Waals surface area (Å²) in [7, 11) is 0. The third-order valence-corrected chi connectivity index (χ3v) is 3.92. The standard InChI is InChI=1S/C12H18BrNO2/c1-4-10-9(5-6-16-10)11(15)14-8-12(2,3)7-13/h5-6H,4,7-8H2,1-3H3,(H,14,15). The zero-order valence-electron chi connectivity index (χ0n) is 9.97. The monoisotopic (exact) mass is 287 g/mol. The van der Waals surface area contributed by atoms with E-state index in [2.05, 4.69) is 35.1 Å². The molecule has 0 radical (unpaired) electrons. The molecule has 1 aromatic heterocycles. The Labute approximate surface area is 105 Å². The highest BCUT2D eigenvalue weighted by molar-refractivity contribution is 9.09. The Hall–Kier alpha value is -0.770. The number of alkyl halides is 1. The van der Waals surface area contributed by atoms with Crippen LogP contribution in [0.4, 0.5) is 0 Å². The Bertz CT molecular complexity index is 358. The third kappa shape index (κ3) is 3.37. The summed E-state index contributed by atoms with van der Waals surface area (Å²) in [5, 5.41) is 3.78. The van der Waals surface area contributed by atoms with E-state index in [0.29, 0.717) is 12.1 Å². The number of hydrogen-bond donors (Lipinski definition) is 1. The second kappa shape index (κ2) is 5.53. The van der Waals surface area contributed by atoms with Gasteiger partial charge in [0.25, 0.3) is 5.91 Å². The maximum Gasteiger partial charge on any atom is 0.254 e. The number of nitrogens with one attached hydrogen (secondary N) is 1. The van der Waals surface area contributed by atoms with Crippen molar-refractivity contribution in [3.63, 3.8) is 0 Å². The number of carbonyl (C=O) groups excluding carboxylic acids is 1. The number of carbonyl (C=O) groups is 1. The van der Waals surface area contributed by atoms with Crippen molar-refractivity contribution < 1.29 is 9.21 Å². The molecule has 1 amide bonds. The van der Waals surface area contributed by atoms with Gasteiger partial charge in [-0.3, -0.25) is 4.79 Å². The van der Waals surface area contributed by atoms with Gasteiger partial charge in [-0.15, -0.1) is 0 Å². The summed E-state index contributed by atoms with van der Waals surface area (Å²) in [6, 6.07) is 1.72. The second-order valence-electron chi connectivity index (χ2n) is 4.59. The molecule has 1 aromatic rings. The first-order valence-electron chi connectivity index (χ1n) is 5.40. The summed E-state index contributed by atoms with van der Waals surface area (Å²) in [4.78, 5) is 11.9. The molecule has 0 unspecified atom stereocenters. The highest BCUT2D eigenvalue weighted by Gasteiger charge is 2.19. The van der Waals surface area contributed by atoms with Crippen LogP contribution in [0.3, 0.4) is 0 Å². The van der Waals surface area contributed by atoms with E-state index in [-0.39, 0.29) is 11.3 Å². The van der Waals surface area contributed by atoms with Crippen LogP contribution in [0.15, 0.2) is 16.7 Å². The molecule has 0 atom stereocenters. The van der Waals surface area contributed by atoms with Crippen LogP contribution < -0.4 is 5.32 Å². The highest BCUT2D eigenvalue weighted by atomic mass is 79.9. The Morgan fingerprint density at radius 2 is 2.25 bits per heavy atom. The van der Waals surface area contributed by atoms with Crippen molar-refractivity contribution in [1.82, 2.24) is 5.32 Å². The third-order valence-electron chi connectivity index (χ3n) is 2.40. The van der Waals surface area contributed by atoms with Crippen molar-refractivity contribution in [2.75, 3.05) is 11.9 Å². The predicted molar refractivity (Wildman–Crippen MR) is 68.0 cm³/mol. The van der Waals surface area contributed by atoms with Crippen LogP contribution in [0, 0.1) is 5.41 Å². The van der Waals surface area contributed by atoms with E-state index in [0.717, 1.165) is 17.5 Å². The lowest BCUT2D eigenvalue weighted by Crippen LogP contribution is -2.35. The lowest BCUT2D eigenvalue weighted by atomic mass is 9.97. The number of amides is 1. The first-order valence-corrected chi connectivity index (χ1v) is 6.53. The summed E-state index contributed by atoms with van der Waals surface area (Å²) < 4.78 is 5.22. The average Bonchev–Trinajstić information content (AvgIpc) is 2.74. The van der Waals surface area contributed by atoms with Gasteiger partial charge < -0.3 is 9.73 Å². The molecular weight excluding hydrogens is 270 g/mol. The largest absolute Gasteiger partial charge is 0.469 e. The molecule has 0 aliphatic rings. The lowest BCUT2D eigenvalue weighted by molar-refractivity contribution is 0.0938. The van der Waals surface area contributed by atoms with E-state index < -0.39 is 0 Å². The van der Waals surface area contributed by atoms with E-state index in [1.165, 1.54) is 0 Å². The smallest absolute Gasteiger partial charge is 0.254 e. The van der Waals surface area contributed by atoms with E-state index >= 15 is 0 Å². The van der Waals surface area contributed by atoms with Crippen molar-refractivity contribution in [1.29, 1.82) is 0 Å². The molecule has 4 heteroatoms. The minimum Gasteiger partial charge on any atom is -0.469 e. The number of furan rings is 1. The van der Waals surface area contributed by atoms with E-state index in [1.807, 2.05) is 6.92 Å². The summed E-state index contributed by atoms with van der Waals surface area (Å²) in [5.74, 6) is 0.689. The molecule has 0 saturated heterocycles. The van der Waals surface area contributed by atoms with Gasteiger partial charge in [-0.05, 0) is 11.5 Å². The van der Waals surface area contributed by atoms with Crippen molar-refractivity contribution >= 4 is 21.8 Å². The Morgan fingerprint density at radius 1 is 1.56 bits per heavy atom. The Balaban J connectivity index is 2.60. The second-order valence-corrected chi connectivity index (χ2v) is 5.15. The van der Waals surface area contributed by atoms with Crippen molar-refractivity contribution in [2.45, 2.75) is 27.2 Å². The normalized spacial score (nSPS) is 11.5. The predicted octanol–water partition coefficient (Wildman–Crippen LogP) is 2.99. The fourth-order valence-electron chi connectivity index (χ4n) is 1.28. The molecule has 16 heavy (non-hydrogen) atoms. The zero-order chi connectivity index (χ0) is 12.2. The van der Waals surface area contributed by atoms with Crippen LogP contribution in [0.1, 0.15) is 36.9 Å². The number of rotatable bonds is 5.